The lowest BCUT2D eigenvalue weighted by Crippen LogP contribution is -1.93. The molecule has 0 aliphatic carbocycles. The molecular formula is C18H32O3. The summed E-state index contributed by atoms with van der Waals surface area (Å²) in [5, 5.41) is 18.1. The molecule has 0 saturated heterocycles. The fourth-order valence-electron chi connectivity index (χ4n) is 2.16. The van der Waals surface area contributed by atoms with E-state index in [1.807, 2.05) is 12.2 Å². The van der Waals surface area contributed by atoms with Gasteiger partial charge in [0.25, 0.3) is 0 Å². The van der Waals surface area contributed by atoms with Crippen molar-refractivity contribution in [3.05, 3.63) is 24.0 Å². The largest absolute Gasteiger partial charge is 0.512 e. The van der Waals surface area contributed by atoms with Crippen LogP contribution in [-0.4, -0.2) is 16.2 Å². The number of allylic oxidation sites excluding steroid dienone is 4. The third-order valence-electron chi connectivity index (χ3n) is 3.47. The molecule has 3 nitrogen and oxygen atoms in total. The van der Waals surface area contributed by atoms with E-state index in [4.69, 9.17) is 5.11 Å². The molecule has 0 atom stereocenters. The van der Waals surface area contributed by atoms with Gasteiger partial charge >= 0.3 is 5.97 Å². The Morgan fingerprint density at radius 2 is 1.48 bits per heavy atom. The minimum absolute atomic E-state index is 0.302. The molecule has 3 heteroatoms. The fourth-order valence-corrected chi connectivity index (χ4v) is 2.16. The van der Waals surface area contributed by atoms with Crippen LogP contribution in [0.1, 0.15) is 84.0 Å². The van der Waals surface area contributed by atoms with Gasteiger partial charge < -0.3 is 10.2 Å². The minimum Gasteiger partial charge on any atom is -0.512 e. The monoisotopic (exact) mass is 296 g/mol. The lowest BCUT2D eigenvalue weighted by molar-refractivity contribution is -0.137. The van der Waals surface area contributed by atoms with Gasteiger partial charge in [-0.25, -0.2) is 0 Å². The molecule has 0 radical (unpaired) electrons. The first-order valence-electron chi connectivity index (χ1n) is 8.43. The highest BCUT2D eigenvalue weighted by Crippen LogP contribution is 2.09. The van der Waals surface area contributed by atoms with E-state index in [-0.39, 0.29) is 0 Å². The van der Waals surface area contributed by atoms with Gasteiger partial charge in [0.2, 0.25) is 0 Å². The average molecular weight is 296 g/mol. The molecule has 0 spiro atoms. The number of aliphatic carboxylic acids is 1. The van der Waals surface area contributed by atoms with Crippen LogP contribution in [0.3, 0.4) is 0 Å². The van der Waals surface area contributed by atoms with E-state index in [0.29, 0.717) is 12.2 Å². The number of carboxylic acids is 1. The van der Waals surface area contributed by atoms with Gasteiger partial charge in [-0.3, -0.25) is 4.79 Å². The molecule has 21 heavy (non-hydrogen) atoms. The fraction of sp³-hybridized carbons (Fsp3) is 0.722. The second-order valence-corrected chi connectivity index (χ2v) is 5.60. The van der Waals surface area contributed by atoms with E-state index in [9.17, 15) is 9.90 Å². The van der Waals surface area contributed by atoms with Crippen molar-refractivity contribution in [1.29, 1.82) is 0 Å². The van der Waals surface area contributed by atoms with Gasteiger partial charge in [0.1, 0.15) is 0 Å². The molecule has 0 unspecified atom stereocenters. The number of hydrogen-bond donors (Lipinski definition) is 2. The van der Waals surface area contributed by atoms with E-state index in [1.165, 1.54) is 32.1 Å². The maximum absolute atomic E-state index is 10.3. The lowest BCUT2D eigenvalue weighted by atomic mass is 10.1. The number of hydrogen-bond acceptors (Lipinski definition) is 2. The summed E-state index contributed by atoms with van der Waals surface area (Å²) < 4.78 is 0. The molecule has 0 aromatic carbocycles. The molecule has 0 aromatic rings. The Morgan fingerprint density at radius 1 is 0.857 bits per heavy atom. The Balaban J connectivity index is 3.35. The zero-order chi connectivity index (χ0) is 15.8. The Kier molecular flexibility index (Phi) is 14.2. The molecule has 0 fully saturated rings. The van der Waals surface area contributed by atoms with Crippen molar-refractivity contribution in [2.45, 2.75) is 84.0 Å². The smallest absolute Gasteiger partial charge is 0.303 e. The zero-order valence-electron chi connectivity index (χ0n) is 13.5. The summed E-state index contributed by atoms with van der Waals surface area (Å²) in [6.07, 6.45) is 17.9. The maximum Gasteiger partial charge on any atom is 0.303 e. The highest BCUT2D eigenvalue weighted by Gasteiger charge is 1.96. The van der Waals surface area contributed by atoms with Crippen molar-refractivity contribution in [1.82, 2.24) is 0 Å². The first kappa shape index (κ1) is 19.8. The summed E-state index contributed by atoms with van der Waals surface area (Å²) in [6.45, 7) is 2.16. The zero-order valence-corrected chi connectivity index (χ0v) is 13.5. The number of aliphatic hydroxyl groups is 1. The van der Waals surface area contributed by atoms with E-state index in [1.54, 1.807) is 0 Å². The van der Waals surface area contributed by atoms with E-state index in [2.05, 4.69) is 13.0 Å². The summed E-state index contributed by atoms with van der Waals surface area (Å²) >= 11 is 0. The third-order valence-corrected chi connectivity index (χ3v) is 3.47. The molecule has 0 amide bonds. The second-order valence-electron chi connectivity index (χ2n) is 5.60. The Labute approximate surface area is 129 Å². The van der Waals surface area contributed by atoms with Crippen molar-refractivity contribution in [2.24, 2.45) is 0 Å². The van der Waals surface area contributed by atoms with Crippen LogP contribution in [0.4, 0.5) is 0 Å². The number of carbonyl (C=O) groups is 1. The van der Waals surface area contributed by atoms with Crippen LogP contribution in [0, 0.1) is 0 Å². The Hall–Kier alpha value is -1.25. The SMILES string of the molecule is CCCCC/C(O)=C/C=C\CCCCCCCCC(=O)O. The van der Waals surface area contributed by atoms with Crippen LogP contribution in [0.2, 0.25) is 0 Å². The summed E-state index contributed by atoms with van der Waals surface area (Å²) in [5.74, 6) is -0.204. The quantitative estimate of drug-likeness (QED) is 0.243. The topological polar surface area (TPSA) is 57.5 Å². The van der Waals surface area contributed by atoms with Gasteiger partial charge in [0.05, 0.1) is 5.76 Å². The van der Waals surface area contributed by atoms with Crippen LogP contribution in [0.5, 0.6) is 0 Å². The van der Waals surface area contributed by atoms with Crippen LogP contribution < -0.4 is 0 Å². The Bertz CT molecular complexity index is 306. The van der Waals surface area contributed by atoms with Gasteiger partial charge in [-0.2, -0.15) is 0 Å². The van der Waals surface area contributed by atoms with Crippen molar-refractivity contribution >= 4 is 5.97 Å². The summed E-state index contributed by atoms with van der Waals surface area (Å²) in [6, 6.07) is 0. The molecule has 0 aromatic heterocycles. The van der Waals surface area contributed by atoms with Crippen LogP contribution in [0.25, 0.3) is 0 Å². The normalized spacial score (nSPS) is 12.1. The number of rotatable bonds is 14. The predicted octanol–water partition coefficient (Wildman–Crippen LogP) is 5.77. The highest BCUT2D eigenvalue weighted by atomic mass is 16.4. The van der Waals surface area contributed by atoms with E-state index >= 15 is 0 Å². The van der Waals surface area contributed by atoms with Gasteiger partial charge in [-0.05, 0) is 31.8 Å². The van der Waals surface area contributed by atoms with Gasteiger partial charge in [0.15, 0.2) is 0 Å². The van der Waals surface area contributed by atoms with Crippen molar-refractivity contribution in [3.8, 4) is 0 Å². The summed E-state index contributed by atoms with van der Waals surface area (Å²) in [7, 11) is 0. The van der Waals surface area contributed by atoms with Crippen molar-refractivity contribution in [2.75, 3.05) is 0 Å². The Morgan fingerprint density at radius 3 is 2.14 bits per heavy atom. The second kappa shape index (κ2) is 15.1. The molecule has 0 rings (SSSR count). The first-order valence-corrected chi connectivity index (χ1v) is 8.43. The summed E-state index contributed by atoms with van der Waals surface area (Å²) in [4.78, 5) is 10.3. The molecule has 0 saturated carbocycles. The molecule has 2 N–H and O–H groups in total. The molecule has 122 valence electrons. The minimum atomic E-state index is -0.689. The highest BCUT2D eigenvalue weighted by molar-refractivity contribution is 5.66. The van der Waals surface area contributed by atoms with Gasteiger partial charge in [-0.1, -0.05) is 57.6 Å². The van der Waals surface area contributed by atoms with Crippen molar-refractivity contribution < 1.29 is 15.0 Å². The van der Waals surface area contributed by atoms with Crippen LogP contribution >= 0.6 is 0 Å². The van der Waals surface area contributed by atoms with Crippen molar-refractivity contribution in [3.63, 3.8) is 0 Å². The van der Waals surface area contributed by atoms with Crippen LogP contribution in [0.15, 0.2) is 24.0 Å². The number of aliphatic hydroxyl groups excluding tert-OH is 1. The first-order chi connectivity index (χ1) is 10.2. The number of carboxylic acid groups (broad SMARTS) is 1. The number of unbranched alkanes of at least 4 members (excludes halogenated alkanes) is 8. The standard InChI is InChI=1S/C18H32O3/c1-2-3-11-14-17(19)15-12-9-7-5-4-6-8-10-13-16-18(20)21/h9,12,15,19H,2-8,10-11,13-14,16H2,1H3,(H,20,21)/b12-9-,17-15-. The average Bonchev–Trinajstić information content (AvgIpc) is 2.44. The molecule has 0 aliphatic rings. The molecule has 0 heterocycles. The molecule has 0 bridgehead atoms. The van der Waals surface area contributed by atoms with Crippen LogP contribution in [-0.2, 0) is 4.79 Å². The lowest BCUT2D eigenvalue weighted by Gasteiger charge is -1.99. The molecular weight excluding hydrogens is 264 g/mol. The van der Waals surface area contributed by atoms with Gasteiger partial charge in [-0.15, -0.1) is 0 Å². The third kappa shape index (κ3) is 16.7. The maximum atomic E-state index is 10.3. The molecule has 0 aliphatic heterocycles. The van der Waals surface area contributed by atoms with E-state index in [0.717, 1.165) is 38.5 Å². The van der Waals surface area contributed by atoms with E-state index < -0.39 is 5.97 Å². The predicted molar refractivity (Wildman–Crippen MR) is 88.6 cm³/mol. The van der Waals surface area contributed by atoms with Gasteiger partial charge in [0, 0.05) is 12.8 Å². The summed E-state index contributed by atoms with van der Waals surface area (Å²) in [5.41, 5.74) is 0.